The Morgan fingerprint density at radius 2 is 2.00 bits per heavy atom. The second-order valence-corrected chi connectivity index (χ2v) is 2.64. The van der Waals surface area contributed by atoms with Crippen molar-refractivity contribution in [3.63, 3.8) is 0 Å². The molecule has 60 valence electrons. The highest BCUT2D eigenvalue weighted by Gasteiger charge is 2.12. The Kier molecular flexibility index (Phi) is 4.23. The summed E-state index contributed by atoms with van der Waals surface area (Å²) in [5.74, 6) is 0.0709. The van der Waals surface area contributed by atoms with E-state index >= 15 is 0 Å². The highest BCUT2D eigenvalue weighted by molar-refractivity contribution is 5.87. The third-order valence-corrected chi connectivity index (χ3v) is 1.38. The quantitative estimate of drug-likeness (QED) is 0.501. The summed E-state index contributed by atoms with van der Waals surface area (Å²) in [5, 5.41) is 24.8. The smallest absolute Gasteiger partial charge is 0.0938 e. The highest BCUT2D eigenvalue weighted by Crippen LogP contribution is 2.02. The Hall–Kier alpha value is -0.410. The van der Waals surface area contributed by atoms with Gasteiger partial charge >= 0.3 is 0 Å². The van der Waals surface area contributed by atoms with Gasteiger partial charge in [0.15, 0.2) is 0 Å². The predicted octanol–water partition coefficient (Wildman–Crippen LogP) is 0.405. The molecule has 0 spiro atoms. The van der Waals surface area contributed by atoms with Crippen molar-refractivity contribution in [3.8, 4) is 0 Å². The molecule has 0 rings (SSSR count). The molecule has 0 fully saturated rings. The van der Waals surface area contributed by atoms with E-state index in [1.807, 2.05) is 13.8 Å². The Balaban J connectivity index is 3.71. The second-order valence-electron chi connectivity index (χ2n) is 2.64. The van der Waals surface area contributed by atoms with Crippen LogP contribution in [-0.2, 0) is 0 Å². The summed E-state index contributed by atoms with van der Waals surface area (Å²) in [6.45, 7) is 3.64. The topological polar surface area (TPSA) is 64.3 Å². The molecule has 0 aliphatic heterocycles. The number of aliphatic hydroxyl groups is 2. The van der Waals surface area contributed by atoms with Gasteiger partial charge in [-0.15, -0.1) is 0 Å². The fourth-order valence-electron chi connectivity index (χ4n) is 0.663. The minimum Gasteiger partial charge on any atom is -0.396 e. The first-order valence-corrected chi connectivity index (χ1v) is 3.46. The van der Waals surface area contributed by atoms with Crippen LogP contribution >= 0.6 is 0 Å². The lowest BCUT2D eigenvalue weighted by molar-refractivity contribution is 0.179. The molecule has 0 saturated carbocycles. The molecule has 0 aromatic carbocycles. The van der Waals surface area contributed by atoms with Crippen LogP contribution in [-0.4, -0.2) is 28.6 Å². The molecule has 1 atom stereocenters. The van der Waals surface area contributed by atoms with Crippen LogP contribution < -0.4 is 0 Å². The molecule has 3 nitrogen and oxygen atoms in total. The zero-order valence-electron chi connectivity index (χ0n) is 6.46. The van der Waals surface area contributed by atoms with E-state index in [-0.39, 0.29) is 18.9 Å². The molecule has 0 saturated heterocycles. The molecule has 3 heteroatoms. The third kappa shape index (κ3) is 2.94. The number of rotatable bonds is 4. The van der Waals surface area contributed by atoms with Gasteiger partial charge in [0.05, 0.1) is 6.10 Å². The number of hydrogen-bond acceptors (Lipinski definition) is 3. The van der Waals surface area contributed by atoms with Crippen molar-refractivity contribution >= 4 is 5.71 Å². The van der Waals surface area contributed by atoms with Crippen molar-refractivity contribution in [2.75, 3.05) is 6.61 Å². The van der Waals surface area contributed by atoms with Gasteiger partial charge in [-0.1, -0.05) is 13.8 Å². The minimum absolute atomic E-state index is 0.0593. The van der Waals surface area contributed by atoms with Crippen LogP contribution in [0.2, 0.25) is 0 Å². The summed E-state index contributed by atoms with van der Waals surface area (Å²) < 4.78 is 0. The minimum atomic E-state index is -0.759. The van der Waals surface area contributed by atoms with Crippen LogP contribution in [0.15, 0.2) is 0 Å². The molecule has 0 aromatic heterocycles. The maximum absolute atomic E-state index is 9.10. The van der Waals surface area contributed by atoms with Crippen molar-refractivity contribution in [2.24, 2.45) is 5.92 Å². The van der Waals surface area contributed by atoms with Gasteiger partial charge in [0.2, 0.25) is 0 Å². The highest BCUT2D eigenvalue weighted by atomic mass is 16.3. The van der Waals surface area contributed by atoms with Crippen molar-refractivity contribution in [2.45, 2.75) is 26.4 Å². The first-order chi connectivity index (χ1) is 4.59. The van der Waals surface area contributed by atoms with Gasteiger partial charge in [0.25, 0.3) is 0 Å². The molecule has 10 heavy (non-hydrogen) atoms. The fourth-order valence-corrected chi connectivity index (χ4v) is 0.663. The molecule has 1 unspecified atom stereocenters. The average Bonchev–Trinajstić information content (AvgIpc) is 1.87. The Morgan fingerprint density at radius 1 is 1.50 bits per heavy atom. The fraction of sp³-hybridized carbons (Fsp3) is 0.857. The lowest BCUT2D eigenvalue weighted by atomic mass is 10.0. The molecule has 0 amide bonds. The van der Waals surface area contributed by atoms with Gasteiger partial charge in [-0.2, -0.15) is 0 Å². The average molecular weight is 145 g/mol. The number of nitrogens with one attached hydrogen (secondary N) is 1. The third-order valence-electron chi connectivity index (χ3n) is 1.38. The summed E-state index contributed by atoms with van der Waals surface area (Å²) >= 11 is 0. The Bertz CT molecular complexity index is 112. The van der Waals surface area contributed by atoms with Gasteiger partial charge in [0, 0.05) is 18.7 Å². The maximum atomic E-state index is 9.10. The van der Waals surface area contributed by atoms with E-state index in [9.17, 15) is 0 Å². The van der Waals surface area contributed by atoms with Crippen LogP contribution in [0.5, 0.6) is 0 Å². The normalized spacial score (nSPS) is 13.7. The molecule has 0 bridgehead atoms. The van der Waals surface area contributed by atoms with E-state index in [4.69, 9.17) is 15.6 Å². The first kappa shape index (κ1) is 9.59. The number of aliphatic hydroxyl groups excluding tert-OH is 2. The predicted molar refractivity (Wildman–Crippen MR) is 40.3 cm³/mol. The first-order valence-electron chi connectivity index (χ1n) is 3.46. The monoisotopic (exact) mass is 145 g/mol. The zero-order valence-corrected chi connectivity index (χ0v) is 6.46. The molecule has 0 heterocycles. The summed E-state index contributed by atoms with van der Waals surface area (Å²) in [6.07, 6.45) is -0.484. The maximum Gasteiger partial charge on any atom is 0.0938 e. The molecule has 0 radical (unpaired) electrons. The van der Waals surface area contributed by atoms with E-state index in [1.54, 1.807) is 0 Å². The summed E-state index contributed by atoms with van der Waals surface area (Å²) in [5.41, 5.74) is 0.300. The van der Waals surface area contributed by atoms with Gasteiger partial charge in [-0.05, 0) is 5.92 Å². The van der Waals surface area contributed by atoms with E-state index < -0.39 is 6.10 Å². The van der Waals surface area contributed by atoms with Gasteiger partial charge in [0.1, 0.15) is 0 Å². The molecule has 0 aliphatic rings. The standard InChI is InChI=1S/C7H15NO2/c1-5(2)7(8)6(10)3-4-9/h5-6,8-10H,3-4H2,1-2H3. The van der Waals surface area contributed by atoms with Gasteiger partial charge in [-0.3, -0.25) is 0 Å². The molecular weight excluding hydrogens is 130 g/mol. The van der Waals surface area contributed by atoms with Gasteiger partial charge in [-0.25, -0.2) is 0 Å². The van der Waals surface area contributed by atoms with Gasteiger partial charge < -0.3 is 15.6 Å². The van der Waals surface area contributed by atoms with Crippen molar-refractivity contribution in [3.05, 3.63) is 0 Å². The number of hydrogen-bond donors (Lipinski definition) is 3. The van der Waals surface area contributed by atoms with Crippen molar-refractivity contribution < 1.29 is 10.2 Å². The lowest BCUT2D eigenvalue weighted by Gasteiger charge is -2.12. The molecular formula is C7H15NO2. The Morgan fingerprint density at radius 3 is 2.30 bits per heavy atom. The van der Waals surface area contributed by atoms with Crippen LogP contribution in [0.25, 0.3) is 0 Å². The zero-order chi connectivity index (χ0) is 8.15. The van der Waals surface area contributed by atoms with E-state index in [1.165, 1.54) is 0 Å². The Labute approximate surface area is 61.2 Å². The lowest BCUT2D eigenvalue weighted by Crippen LogP contribution is -2.25. The van der Waals surface area contributed by atoms with Crippen LogP contribution in [0, 0.1) is 11.3 Å². The largest absolute Gasteiger partial charge is 0.396 e. The van der Waals surface area contributed by atoms with Crippen LogP contribution in [0.1, 0.15) is 20.3 Å². The van der Waals surface area contributed by atoms with Crippen LogP contribution in [0.3, 0.4) is 0 Å². The van der Waals surface area contributed by atoms with Crippen molar-refractivity contribution in [1.82, 2.24) is 0 Å². The SMILES string of the molecule is CC(C)C(=N)C(O)CCO. The molecule has 3 N–H and O–H groups in total. The van der Waals surface area contributed by atoms with E-state index in [0.717, 1.165) is 0 Å². The van der Waals surface area contributed by atoms with E-state index in [0.29, 0.717) is 5.71 Å². The summed E-state index contributed by atoms with van der Waals surface area (Å²) in [6, 6.07) is 0. The van der Waals surface area contributed by atoms with Crippen molar-refractivity contribution in [1.29, 1.82) is 5.41 Å². The summed E-state index contributed by atoms with van der Waals surface area (Å²) in [4.78, 5) is 0. The van der Waals surface area contributed by atoms with E-state index in [2.05, 4.69) is 0 Å². The van der Waals surface area contributed by atoms with Crippen LogP contribution in [0.4, 0.5) is 0 Å². The summed E-state index contributed by atoms with van der Waals surface area (Å²) in [7, 11) is 0. The molecule has 0 aliphatic carbocycles. The molecule has 0 aromatic rings. The second kappa shape index (κ2) is 4.41.